The summed E-state index contributed by atoms with van der Waals surface area (Å²) in [5, 5.41) is 0. The predicted molar refractivity (Wildman–Crippen MR) is 100 cm³/mol. The van der Waals surface area contributed by atoms with E-state index in [0.717, 1.165) is 23.3 Å². The van der Waals surface area contributed by atoms with Crippen LogP contribution in [0.25, 0.3) is 16.9 Å². The highest BCUT2D eigenvalue weighted by Gasteiger charge is 2.27. The minimum Gasteiger partial charge on any atom is -0.296 e. The van der Waals surface area contributed by atoms with Crippen LogP contribution in [-0.2, 0) is 0 Å². The van der Waals surface area contributed by atoms with Crippen LogP contribution in [0.3, 0.4) is 0 Å². The van der Waals surface area contributed by atoms with E-state index in [0.29, 0.717) is 11.3 Å². The highest BCUT2D eigenvalue weighted by molar-refractivity contribution is 6.49. The maximum Gasteiger partial charge on any atom is 0.252 e. The van der Waals surface area contributed by atoms with Crippen molar-refractivity contribution in [2.75, 3.05) is 0 Å². The van der Waals surface area contributed by atoms with Gasteiger partial charge in [0.05, 0.1) is 0 Å². The quantitative estimate of drug-likeness (QED) is 0.398. The van der Waals surface area contributed by atoms with Gasteiger partial charge in [-0.2, -0.15) is 0 Å². The molecule has 0 saturated heterocycles. The van der Waals surface area contributed by atoms with Crippen LogP contribution < -0.4 is 0 Å². The van der Waals surface area contributed by atoms with Crippen LogP contribution in [0.15, 0.2) is 72.9 Å². The highest BCUT2D eigenvalue weighted by atomic mass is 19.1. The molecule has 5 heteroatoms. The van der Waals surface area contributed by atoms with Crippen molar-refractivity contribution in [1.82, 2.24) is 9.38 Å². The maximum absolute atomic E-state index is 13.1. The van der Waals surface area contributed by atoms with Crippen molar-refractivity contribution in [3.8, 4) is 11.3 Å². The molecule has 0 aliphatic carbocycles. The summed E-state index contributed by atoms with van der Waals surface area (Å²) >= 11 is 0. The van der Waals surface area contributed by atoms with Gasteiger partial charge in [-0.15, -0.1) is 0 Å². The Morgan fingerprint density at radius 1 is 0.926 bits per heavy atom. The first-order valence-electron chi connectivity index (χ1n) is 8.43. The first-order valence-corrected chi connectivity index (χ1v) is 8.43. The van der Waals surface area contributed by atoms with Crippen molar-refractivity contribution < 1.29 is 14.0 Å². The normalized spacial score (nSPS) is 10.9. The molecule has 0 aliphatic heterocycles. The van der Waals surface area contributed by atoms with Crippen molar-refractivity contribution in [3.63, 3.8) is 0 Å². The second-order valence-corrected chi connectivity index (χ2v) is 6.27. The second kappa shape index (κ2) is 6.61. The van der Waals surface area contributed by atoms with Gasteiger partial charge in [0.2, 0.25) is 5.78 Å². The van der Waals surface area contributed by atoms with Gasteiger partial charge in [0.1, 0.15) is 22.9 Å². The molecule has 0 aliphatic rings. The van der Waals surface area contributed by atoms with Crippen LogP contribution in [0.2, 0.25) is 0 Å². The Kier molecular flexibility index (Phi) is 4.12. The van der Waals surface area contributed by atoms with Crippen molar-refractivity contribution in [3.05, 3.63) is 95.6 Å². The fraction of sp³-hybridized carbons (Fsp3) is 0.0455. The number of ketones is 2. The largest absolute Gasteiger partial charge is 0.296 e. The average molecular weight is 358 g/mol. The number of pyridine rings is 1. The molecular weight excluding hydrogens is 343 g/mol. The van der Waals surface area contributed by atoms with Crippen molar-refractivity contribution in [1.29, 1.82) is 0 Å². The molecule has 4 aromatic rings. The van der Waals surface area contributed by atoms with Gasteiger partial charge in [0.15, 0.2) is 0 Å². The lowest BCUT2D eigenvalue weighted by atomic mass is 10.0. The predicted octanol–water partition coefficient (Wildman–Crippen LogP) is 4.51. The molecule has 0 radical (unpaired) electrons. The van der Waals surface area contributed by atoms with Gasteiger partial charge in [0.25, 0.3) is 5.78 Å². The van der Waals surface area contributed by atoms with E-state index in [4.69, 9.17) is 0 Å². The van der Waals surface area contributed by atoms with Crippen molar-refractivity contribution >= 4 is 17.2 Å². The zero-order valence-corrected chi connectivity index (χ0v) is 14.5. The summed E-state index contributed by atoms with van der Waals surface area (Å²) in [6, 6.07) is 17.9. The number of halogens is 1. The monoisotopic (exact) mass is 358 g/mol. The molecule has 0 amide bonds. The molecule has 0 saturated carbocycles. The molecule has 4 rings (SSSR count). The summed E-state index contributed by atoms with van der Waals surface area (Å²) in [4.78, 5) is 30.4. The summed E-state index contributed by atoms with van der Waals surface area (Å²) in [5.74, 6) is -1.85. The lowest BCUT2D eigenvalue weighted by Crippen LogP contribution is -2.17. The average Bonchev–Trinajstić information content (AvgIpc) is 3.06. The molecule has 0 spiro atoms. The lowest BCUT2D eigenvalue weighted by Gasteiger charge is -2.05. The summed E-state index contributed by atoms with van der Waals surface area (Å²) in [6.45, 7) is 1.93. The summed E-state index contributed by atoms with van der Waals surface area (Å²) < 4.78 is 14.8. The Hall–Kier alpha value is -3.60. The molecule has 0 fully saturated rings. The van der Waals surface area contributed by atoms with Crippen molar-refractivity contribution in [2.45, 2.75) is 6.92 Å². The van der Waals surface area contributed by atoms with Crippen LogP contribution in [0.1, 0.15) is 26.4 Å². The third-order valence-electron chi connectivity index (χ3n) is 4.36. The summed E-state index contributed by atoms with van der Waals surface area (Å²) in [7, 11) is 0. The molecule has 2 heterocycles. The van der Waals surface area contributed by atoms with E-state index in [1.54, 1.807) is 10.6 Å². The molecular formula is C22H15FN2O2. The van der Waals surface area contributed by atoms with Crippen LogP contribution in [0.5, 0.6) is 0 Å². The zero-order chi connectivity index (χ0) is 19.0. The number of carbonyl (C=O) groups excluding carboxylic acids is 2. The molecule has 27 heavy (non-hydrogen) atoms. The Morgan fingerprint density at radius 3 is 2.33 bits per heavy atom. The minimum atomic E-state index is -0.699. The third kappa shape index (κ3) is 3.04. The van der Waals surface area contributed by atoms with Crippen molar-refractivity contribution in [2.24, 2.45) is 0 Å². The van der Waals surface area contributed by atoms with E-state index in [-0.39, 0.29) is 11.3 Å². The SMILES string of the molecule is Cc1ccn2c(C(=O)C(=O)c3ccc(F)cc3)c(-c3ccccc3)nc2c1. The molecule has 0 atom stereocenters. The van der Waals surface area contributed by atoms with Gasteiger partial charge >= 0.3 is 0 Å². The number of hydrogen-bond acceptors (Lipinski definition) is 3. The lowest BCUT2D eigenvalue weighted by molar-refractivity contribution is 0.0814. The van der Waals surface area contributed by atoms with E-state index >= 15 is 0 Å². The zero-order valence-electron chi connectivity index (χ0n) is 14.5. The molecule has 2 aromatic heterocycles. The molecule has 2 aromatic carbocycles. The minimum absolute atomic E-state index is 0.141. The number of fused-ring (bicyclic) bond motifs is 1. The van der Waals surface area contributed by atoms with E-state index in [1.165, 1.54) is 12.1 Å². The van der Waals surface area contributed by atoms with E-state index in [2.05, 4.69) is 4.98 Å². The van der Waals surface area contributed by atoms with Gasteiger partial charge in [-0.3, -0.25) is 14.0 Å². The third-order valence-corrected chi connectivity index (χ3v) is 4.36. The van der Waals surface area contributed by atoms with Gasteiger partial charge in [-0.05, 0) is 48.9 Å². The van der Waals surface area contributed by atoms with E-state index < -0.39 is 17.4 Å². The number of Topliss-reactive ketones (excluding diaryl/α,β-unsaturated/α-hetero) is 2. The fourth-order valence-corrected chi connectivity index (χ4v) is 3.00. The number of benzene rings is 2. The number of hydrogen-bond donors (Lipinski definition) is 0. The standard InChI is InChI=1S/C22H15FN2O2/c1-14-11-12-25-18(13-14)24-19(15-5-3-2-4-6-15)20(25)22(27)21(26)16-7-9-17(23)10-8-16/h2-13H,1H3. The topological polar surface area (TPSA) is 51.4 Å². The van der Waals surface area contributed by atoms with Gasteiger partial charge in [0, 0.05) is 17.3 Å². The first-order chi connectivity index (χ1) is 13.0. The Bertz CT molecular complexity index is 1160. The number of aryl methyl sites for hydroxylation is 1. The van der Waals surface area contributed by atoms with Crippen LogP contribution in [-0.4, -0.2) is 21.0 Å². The number of imidazole rings is 1. The second-order valence-electron chi connectivity index (χ2n) is 6.27. The molecule has 0 unspecified atom stereocenters. The van der Waals surface area contributed by atoms with Gasteiger partial charge < -0.3 is 0 Å². The fourth-order valence-electron chi connectivity index (χ4n) is 3.00. The molecule has 4 nitrogen and oxygen atoms in total. The van der Waals surface area contributed by atoms with E-state index in [9.17, 15) is 14.0 Å². The highest BCUT2D eigenvalue weighted by Crippen LogP contribution is 2.26. The smallest absolute Gasteiger partial charge is 0.252 e. The number of aromatic nitrogens is 2. The first kappa shape index (κ1) is 16.8. The molecule has 132 valence electrons. The summed E-state index contributed by atoms with van der Waals surface area (Å²) in [5.41, 5.74) is 3.11. The van der Waals surface area contributed by atoms with Gasteiger partial charge in [-0.1, -0.05) is 30.3 Å². The number of nitrogens with zero attached hydrogens (tertiary/aromatic N) is 2. The number of carbonyl (C=O) groups is 2. The molecule has 0 bridgehead atoms. The Balaban J connectivity index is 1.90. The summed E-state index contributed by atoms with van der Waals surface area (Å²) in [6.07, 6.45) is 1.73. The van der Waals surface area contributed by atoms with Gasteiger partial charge in [-0.25, -0.2) is 9.37 Å². The Morgan fingerprint density at radius 2 is 1.63 bits per heavy atom. The van der Waals surface area contributed by atoms with Crippen LogP contribution >= 0.6 is 0 Å². The Labute approximate surface area is 154 Å². The number of rotatable bonds is 4. The molecule has 0 N–H and O–H groups in total. The maximum atomic E-state index is 13.1. The van der Waals surface area contributed by atoms with E-state index in [1.807, 2.05) is 49.4 Å². The van der Waals surface area contributed by atoms with Crippen LogP contribution in [0.4, 0.5) is 4.39 Å². The van der Waals surface area contributed by atoms with Crippen LogP contribution in [0, 0.1) is 12.7 Å².